The number of hydrogen-bond donors (Lipinski definition) is 1. The number of methoxy groups -OCH3 is 1. The van der Waals surface area contributed by atoms with Crippen molar-refractivity contribution in [2.24, 2.45) is 0 Å². The number of carbonyl (C=O) groups excluding carboxylic acids is 3. The van der Waals surface area contributed by atoms with Gasteiger partial charge in [0.05, 0.1) is 13.7 Å². The molecule has 0 aromatic heterocycles. The number of nitrogens with zero attached hydrogens (tertiary/aromatic N) is 1. The Morgan fingerprint density at radius 1 is 1.50 bits per heavy atom. The summed E-state index contributed by atoms with van der Waals surface area (Å²) in [6, 6.07) is 2.94. The molecule has 0 saturated heterocycles. The first kappa shape index (κ1) is 16.0. The summed E-state index contributed by atoms with van der Waals surface area (Å²) in [6.07, 6.45) is 1.58. The molecule has 6 heteroatoms. The van der Waals surface area contributed by atoms with Gasteiger partial charge in [0, 0.05) is 11.1 Å². The van der Waals surface area contributed by atoms with E-state index in [0.717, 1.165) is 17.5 Å². The molecular formula is C16H20N2O4. The second kappa shape index (κ2) is 6.60. The van der Waals surface area contributed by atoms with Gasteiger partial charge in [-0.1, -0.05) is 19.4 Å². The molecule has 1 aliphatic heterocycles. The van der Waals surface area contributed by atoms with Crippen molar-refractivity contribution in [2.45, 2.75) is 39.3 Å². The lowest BCUT2D eigenvalue weighted by atomic mass is 10.1. The summed E-state index contributed by atoms with van der Waals surface area (Å²) in [6.45, 7) is 4.16. The number of imide groups is 1. The molecule has 1 aromatic carbocycles. The molecule has 0 spiro atoms. The lowest BCUT2D eigenvalue weighted by Gasteiger charge is -2.25. The topological polar surface area (TPSA) is 75.7 Å². The van der Waals surface area contributed by atoms with Crippen molar-refractivity contribution >= 4 is 18.2 Å². The lowest BCUT2D eigenvalue weighted by molar-refractivity contribution is -0.129. The van der Waals surface area contributed by atoms with Crippen LogP contribution in [0.3, 0.4) is 0 Å². The largest absolute Gasteiger partial charge is 0.496 e. The second-order valence-corrected chi connectivity index (χ2v) is 5.31. The number of ether oxygens (including phenoxy) is 1. The molecule has 0 saturated carbocycles. The van der Waals surface area contributed by atoms with E-state index in [9.17, 15) is 14.4 Å². The molecule has 118 valence electrons. The summed E-state index contributed by atoms with van der Waals surface area (Å²) in [5, 5.41) is 2.15. The molecule has 3 amide bonds. The summed E-state index contributed by atoms with van der Waals surface area (Å²) in [5.41, 5.74) is 2.30. The molecule has 1 unspecified atom stereocenters. The van der Waals surface area contributed by atoms with Crippen molar-refractivity contribution in [3.05, 3.63) is 28.8 Å². The van der Waals surface area contributed by atoms with Crippen LogP contribution in [0.15, 0.2) is 12.1 Å². The normalized spacial score (nSPS) is 14.5. The van der Waals surface area contributed by atoms with Gasteiger partial charge in [0.2, 0.25) is 12.3 Å². The first-order chi connectivity index (χ1) is 10.5. The number of amides is 3. The van der Waals surface area contributed by atoms with Gasteiger partial charge in [-0.2, -0.15) is 0 Å². The van der Waals surface area contributed by atoms with Gasteiger partial charge in [-0.15, -0.1) is 0 Å². The fourth-order valence-corrected chi connectivity index (χ4v) is 2.89. The highest BCUT2D eigenvalue weighted by Crippen LogP contribution is 2.35. The molecule has 2 rings (SSSR count). The van der Waals surface area contributed by atoms with Crippen molar-refractivity contribution in [3.8, 4) is 5.75 Å². The van der Waals surface area contributed by atoms with E-state index in [1.165, 1.54) is 4.90 Å². The van der Waals surface area contributed by atoms with Gasteiger partial charge in [0.15, 0.2) is 0 Å². The number of fused-ring (bicyclic) bond motifs is 1. The van der Waals surface area contributed by atoms with E-state index in [2.05, 4.69) is 5.32 Å². The minimum Gasteiger partial charge on any atom is -0.496 e. The van der Waals surface area contributed by atoms with E-state index in [1.807, 2.05) is 19.9 Å². The van der Waals surface area contributed by atoms with E-state index >= 15 is 0 Å². The Hall–Kier alpha value is -2.37. The summed E-state index contributed by atoms with van der Waals surface area (Å²) in [5.74, 6) is 0.0286. The SMILES string of the molecule is CCCC(C(=O)NC=O)N1Cc2c(ccc(C)c2OC)C1=O. The maximum Gasteiger partial charge on any atom is 0.255 e. The monoisotopic (exact) mass is 304 g/mol. The highest BCUT2D eigenvalue weighted by atomic mass is 16.5. The summed E-state index contributed by atoms with van der Waals surface area (Å²) < 4.78 is 5.40. The van der Waals surface area contributed by atoms with Crippen LogP contribution in [-0.2, 0) is 16.1 Å². The van der Waals surface area contributed by atoms with Crippen molar-refractivity contribution in [1.82, 2.24) is 10.2 Å². The van der Waals surface area contributed by atoms with Crippen molar-refractivity contribution < 1.29 is 19.1 Å². The molecule has 6 nitrogen and oxygen atoms in total. The van der Waals surface area contributed by atoms with Crippen molar-refractivity contribution in [2.75, 3.05) is 7.11 Å². The molecule has 1 heterocycles. The summed E-state index contributed by atoms with van der Waals surface area (Å²) >= 11 is 0. The lowest BCUT2D eigenvalue weighted by Crippen LogP contribution is -2.46. The maximum atomic E-state index is 12.6. The Morgan fingerprint density at radius 3 is 2.82 bits per heavy atom. The maximum absolute atomic E-state index is 12.6. The minimum absolute atomic E-state index is 0.201. The third kappa shape index (κ3) is 2.68. The molecular weight excluding hydrogens is 284 g/mol. The van der Waals surface area contributed by atoms with E-state index in [4.69, 9.17) is 4.74 Å². The zero-order valence-electron chi connectivity index (χ0n) is 13.0. The third-order valence-corrected chi connectivity index (χ3v) is 3.92. The van der Waals surface area contributed by atoms with Crippen LogP contribution in [0.1, 0.15) is 41.3 Å². The van der Waals surface area contributed by atoms with Gasteiger partial charge in [0.25, 0.3) is 5.91 Å². The Morgan fingerprint density at radius 2 is 2.23 bits per heavy atom. The van der Waals surface area contributed by atoms with Crippen molar-refractivity contribution in [1.29, 1.82) is 0 Å². The van der Waals surface area contributed by atoms with Crippen LogP contribution in [0.2, 0.25) is 0 Å². The second-order valence-electron chi connectivity index (χ2n) is 5.31. The standard InChI is InChI=1S/C16H20N2O4/c1-4-5-13(15(20)17-9-19)18-8-12-11(16(18)21)7-6-10(2)14(12)22-3/h6-7,9,13H,4-5,8H2,1-3H3,(H,17,19,20). The predicted octanol–water partition coefficient (Wildman–Crippen LogP) is 1.40. The molecule has 1 N–H and O–H groups in total. The van der Waals surface area contributed by atoms with Gasteiger partial charge >= 0.3 is 0 Å². The number of nitrogens with one attached hydrogen (secondary N) is 1. The molecule has 0 fully saturated rings. The highest BCUT2D eigenvalue weighted by Gasteiger charge is 2.37. The van der Waals surface area contributed by atoms with E-state index < -0.39 is 11.9 Å². The average molecular weight is 304 g/mol. The Bertz CT molecular complexity index is 612. The highest BCUT2D eigenvalue weighted by molar-refractivity contribution is 6.02. The van der Waals surface area contributed by atoms with Gasteiger partial charge in [-0.3, -0.25) is 19.7 Å². The molecule has 0 aliphatic carbocycles. The van der Waals surface area contributed by atoms with Gasteiger partial charge in [0.1, 0.15) is 11.8 Å². The fraction of sp³-hybridized carbons (Fsp3) is 0.438. The third-order valence-electron chi connectivity index (χ3n) is 3.92. The Kier molecular flexibility index (Phi) is 4.80. The van der Waals surface area contributed by atoms with Gasteiger partial charge in [-0.25, -0.2) is 0 Å². The zero-order valence-corrected chi connectivity index (χ0v) is 13.0. The van der Waals surface area contributed by atoms with Crippen molar-refractivity contribution in [3.63, 3.8) is 0 Å². The van der Waals surface area contributed by atoms with Gasteiger partial charge < -0.3 is 9.64 Å². The van der Waals surface area contributed by atoms with Crippen LogP contribution in [-0.4, -0.2) is 36.3 Å². The number of carbonyl (C=O) groups is 3. The van der Waals surface area contributed by atoms with Crippen LogP contribution >= 0.6 is 0 Å². The number of aryl methyl sites for hydroxylation is 1. The zero-order chi connectivity index (χ0) is 16.3. The number of hydrogen-bond acceptors (Lipinski definition) is 4. The predicted molar refractivity (Wildman–Crippen MR) is 80.5 cm³/mol. The fourth-order valence-electron chi connectivity index (χ4n) is 2.89. The molecule has 0 radical (unpaired) electrons. The van der Waals surface area contributed by atoms with E-state index in [-0.39, 0.29) is 5.91 Å². The molecule has 1 aliphatic rings. The van der Waals surface area contributed by atoms with E-state index in [1.54, 1.807) is 13.2 Å². The summed E-state index contributed by atoms with van der Waals surface area (Å²) in [7, 11) is 1.57. The Labute approximate surface area is 129 Å². The number of benzene rings is 1. The molecule has 0 bridgehead atoms. The number of rotatable bonds is 6. The Balaban J connectivity index is 2.36. The summed E-state index contributed by atoms with van der Waals surface area (Å²) in [4.78, 5) is 36.7. The first-order valence-electron chi connectivity index (χ1n) is 7.26. The molecule has 1 atom stereocenters. The van der Waals surface area contributed by atoms with E-state index in [0.29, 0.717) is 30.7 Å². The van der Waals surface area contributed by atoms with Crippen LogP contribution in [0, 0.1) is 6.92 Å². The first-order valence-corrected chi connectivity index (χ1v) is 7.26. The smallest absolute Gasteiger partial charge is 0.255 e. The van der Waals surface area contributed by atoms with Crippen LogP contribution < -0.4 is 10.1 Å². The molecule has 1 aromatic rings. The molecule has 22 heavy (non-hydrogen) atoms. The van der Waals surface area contributed by atoms with Gasteiger partial charge in [-0.05, 0) is 25.0 Å². The van der Waals surface area contributed by atoms with Crippen LogP contribution in [0.25, 0.3) is 0 Å². The van der Waals surface area contributed by atoms with Crippen LogP contribution in [0.4, 0.5) is 0 Å². The average Bonchev–Trinajstić information content (AvgIpc) is 2.82. The van der Waals surface area contributed by atoms with Crippen LogP contribution in [0.5, 0.6) is 5.75 Å². The quantitative estimate of drug-likeness (QED) is 0.806. The minimum atomic E-state index is -0.653.